The average Bonchev–Trinajstić information content (AvgIpc) is 2.49. The SMILES string of the molecule is Cc1cccc(CC2CCCCC2Cc2cccc(C)c2)c1. The topological polar surface area (TPSA) is 0 Å². The molecule has 1 aliphatic carbocycles. The van der Waals surface area contributed by atoms with Gasteiger partial charge in [0.15, 0.2) is 0 Å². The molecule has 2 aromatic rings. The van der Waals surface area contributed by atoms with Gasteiger partial charge in [-0.25, -0.2) is 0 Å². The molecule has 22 heavy (non-hydrogen) atoms. The maximum atomic E-state index is 2.37. The Balaban J connectivity index is 1.71. The minimum absolute atomic E-state index is 0.857. The number of hydrogen-bond acceptors (Lipinski definition) is 0. The summed E-state index contributed by atoms with van der Waals surface area (Å²) in [6, 6.07) is 18.2. The van der Waals surface area contributed by atoms with Crippen LogP contribution in [0.25, 0.3) is 0 Å². The van der Waals surface area contributed by atoms with E-state index in [0.29, 0.717) is 0 Å². The molecule has 116 valence electrons. The van der Waals surface area contributed by atoms with Crippen molar-refractivity contribution in [3.8, 4) is 0 Å². The van der Waals surface area contributed by atoms with Crippen LogP contribution in [0.1, 0.15) is 47.9 Å². The van der Waals surface area contributed by atoms with Crippen LogP contribution >= 0.6 is 0 Å². The lowest BCUT2D eigenvalue weighted by molar-refractivity contribution is 0.234. The lowest BCUT2D eigenvalue weighted by Gasteiger charge is -2.32. The molecule has 1 aliphatic rings. The van der Waals surface area contributed by atoms with Gasteiger partial charge in [0.25, 0.3) is 0 Å². The smallest absolute Gasteiger partial charge is 0.0248 e. The summed E-state index contributed by atoms with van der Waals surface area (Å²) in [6.07, 6.45) is 8.17. The van der Waals surface area contributed by atoms with Crippen molar-refractivity contribution in [1.82, 2.24) is 0 Å². The largest absolute Gasteiger partial charge is 0.0617 e. The molecule has 0 bridgehead atoms. The first-order valence-electron chi connectivity index (χ1n) is 8.82. The summed E-state index contributed by atoms with van der Waals surface area (Å²) in [5, 5.41) is 0. The molecule has 0 N–H and O–H groups in total. The molecular weight excluding hydrogens is 264 g/mol. The second-order valence-corrected chi connectivity index (χ2v) is 7.19. The minimum atomic E-state index is 0.857. The van der Waals surface area contributed by atoms with Crippen molar-refractivity contribution < 1.29 is 0 Å². The zero-order valence-corrected chi connectivity index (χ0v) is 14.0. The minimum Gasteiger partial charge on any atom is -0.0617 e. The van der Waals surface area contributed by atoms with Gasteiger partial charge in [-0.1, -0.05) is 72.5 Å². The summed E-state index contributed by atoms with van der Waals surface area (Å²) in [5.74, 6) is 1.71. The Hall–Kier alpha value is -1.56. The number of hydrogen-bond donors (Lipinski definition) is 0. The van der Waals surface area contributed by atoms with Gasteiger partial charge >= 0.3 is 0 Å². The van der Waals surface area contributed by atoms with Crippen molar-refractivity contribution in [3.05, 3.63) is 70.8 Å². The highest BCUT2D eigenvalue weighted by Crippen LogP contribution is 2.35. The molecule has 0 nitrogen and oxygen atoms in total. The van der Waals surface area contributed by atoms with E-state index in [9.17, 15) is 0 Å². The quantitative estimate of drug-likeness (QED) is 0.658. The summed E-state index contributed by atoms with van der Waals surface area (Å²) >= 11 is 0. The van der Waals surface area contributed by atoms with Gasteiger partial charge in [-0.3, -0.25) is 0 Å². The van der Waals surface area contributed by atoms with E-state index < -0.39 is 0 Å². The van der Waals surface area contributed by atoms with Crippen LogP contribution in [0.4, 0.5) is 0 Å². The molecule has 3 rings (SSSR count). The Morgan fingerprint density at radius 1 is 0.727 bits per heavy atom. The van der Waals surface area contributed by atoms with E-state index in [1.165, 1.54) is 60.8 Å². The lowest BCUT2D eigenvalue weighted by atomic mass is 9.73. The first kappa shape index (κ1) is 15.3. The molecule has 0 spiro atoms. The van der Waals surface area contributed by atoms with E-state index in [0.717, 1.165) is 11.8 Å². The fourth-order valence-corrected chi connectivity index (χ4v) is 4.11. The van der Waals surface area contributed by atoms with Gasteiger partial charge in [0.05, 0.1) is 0 Å². The van der Waals surface area contributed by atoms with Crippen LogP contribution in [0.2, 0.25) is 0 Å². The number of aryl methyl sites for hydroxylation is 2. The number of benzene rings is 2. The van der Waals surface area contributed by atoms with Gasteiger partial charge in [0, 0.05) is 0 Å². The molecule has 0 amide bonds. The zero-order chi connectivity index (χ0) is 15.4. The van der Waals surface area contributed by atoms with Crippen molar-refractivity contribution in [2.45, 2.75) is 52.4 Å². The third-order valence-corrected chi connectivity index (χ3v) is 5.23. The van der Waals surface area contributed by atoms with Crippen molar-refractivity contribution in [2.75, 3.05) is 0 Å². The Kier molecular flexibility index (Phi) is 4.97. The van der Waals surface area contributed by atoms with Crippen LogP contribution in [0.3, 0.4) is 0 Å². The Morgan fingerprint density at radius 3 is 1.59 bits per heavy atom. The summed E-state index contributed by atoms with van der Waals surface area (Å²) in [6.45, 7) is 4.41. The number of rotatable bonds is 4. The first-order chi connectivity index (χ1) is 10.7. The molecule has 0 saturated heterocycles. The van der Waals surface area contributed by atoms with E-state index in [1.807, 2.05) is 0 Å². The van der Waals surface area contributed by atoms with Crippen LogP contribution in [-0.2, 0) is 12.8 Å². The van der Waals surface area contributed by atoms with Crippen LogP contribution in [0, 0.1) is 25.7 Å². The molecule has 1 saturated carbocycles. The standard InChI is InChI=1S/C22H28/c1-17-7-5-9-19(13-17)15-21-11-3-4-12-22(21)16-20-10-6-8-18(2)14-20/h5-10,13-14,21-22H,3-4,11-12,15-16H2,1-2H3. The summed E-state index contributed by atoms with van der Waals surface area (Å²) in [7, 11) is 0. The lowest BCUT2D eigenvalue weighted by Crippen LogP contribution is -2.23. The van der Waals surface area contributed by atoms with Gasteiger partial charge in [-0.05, 0) is 62.5 Å². The predicted octanol–water partition coefficient (Wildman–Crippen LogP) is 5.90. The molecule has 0 aromatic heterocycles. The predicted molar refractivity (Wildman–Crippen MR) is 95.2 cm³/mol. The van der Waals surface area contributed by atoms with Crippen molar-refractivity contribution >= 4 is 0 Å². The van der Waals surface area contributed by atoms with E-state index in [2.05, 4.69) is 62.4 Å². The van der Waals surface area contributed by atoms with Gasteiger partial charge < -0.3 is 0 Å². The highest BCUT2D eigenvalue weighted by atomic mass is 14.3. The Bertz CT molecular complexity index is 555. The summed E-state index contributed by atoms with van der Waals surface area (Å²) < 4.78 is 0. The van der Waals surface area contributed by atoms with E-state index in [1.54, 1.807) is 0 Å². The van der Waals surface area contributed by atoms with Crippen LogP contribution in [-0.4, -0.2) is 0 Å². The first-order valence-corrected chi connectivity index (χ1v) is 8.82. The van der Waals surface area contributed by atoms with Crippen molar-refractivity contribution in [3.63, 3.8) is 0 Å². The molecule has 0 heterocycles. The Labute approximate surface area is 135 Å². The third kappa shape index (κ3) is 4.00. The van der Waals surface area contributed by atoms with Crippen molar-refractivity contribution in [2.24, 2.45) is 11.8 Å². The van der Waals surface area contributed by atoms with E-state index >= 15 is 0 Å². The van der Waals surface area contributed by atoms with E-state index in [-0.39, 0.29) is 0 Å². The maximum Gasteiger partial charge on any atom is -0.0248 e. The average molecular weight is 292 g/mol. The molecule has 0 aliphatic heterocycles. The fraction of sp³-hybridized carbons (Fsp3) is 0.455. The monoisotopic (exact) mass is 292 g/mol. The van der Waals surface area contributed by atoms with Gasteiger partial charge in [-0.15, -0.1) is 0 Å². The second kappa shape index (κ2) is 7.13. The molecule has 2 unspecified atom stereocenters. The molecule has 2 aromatic carbocycles. The molecule has 1 fully saturated rings. The summed E-state index contributed by atoms with van der Waals surface area (Å²) in [4.78, 5) is 0. The molecule has 0 radical (unpaired) electrons. The third-order valence-electron chi connectivity index (χ3n) is 5.23. The van der Waals surface area contributed by atoms with Crippen LogP contribution in [0.5, 0.6) is 0 Å². The fourth-order valence-electron chi connectivity index (χ4n) is 4.11. The zero-order valence-electron chi connectivity index (χ0n) is 14.0. The van der Waals surface area contributed by atoms with Crippen LogP contribution < -0.4 is 0 Å². The van der Waals surface area contributed by atoms with E-state index in [4.69, 9.17) is 0 Å². The maximum absolute atomic E-state index is 2.37. The molecular formula is C22H28. The second-order valence-electron chi connectivity index (χ2n) is 7.19. The summed E-state index contributed by atoms with van der Waals surface area (Å²) in [5.41, 5.74) is 5.84. The Morgan fingerprint density at radius 2 is 1.18 bits per heavy atom. The van der Waals surface area contributed by atoms with Gasteiger partial charge in [-0.2, -0.15) is 0 Å². The van der Waals surface area contributed by atoms with Crippen molar-refractivity contribution in [1.29, 1.82) is 0 Å². The van der Waals surface area contributed by atoms with Crippen LogP contribution in [0.15, 0.2) is 48.5 Å². The van der Waals surface area contributed by atoms with Gasteiger partial charge in [0.2, 0.25) is 0 Å². The molecule has 0 heteroatoms. The normalized spacial score (nSPS) is 21.7. The highest BCUT2D eigenvalue weighted by Gasteiger charge is 2.25. The molecule has 2 atom stereocenters. The highest BCUT2D eigenvalue weighted by molar-refractivity contribution is 5.24. The van der Waals surface area contributed by atoms with Gasteiger partial charge in [0.1, 0.15) is 0 Å².